The van der Waals surface area contributed by atoms with Crippen molar-refractivity contribution in [1.29, 1.82) is 0 Å². The number of carbonyl (C=O) groups is 1. The Bertz CT molecular complexity index is 1130. The maximum Gasteiger partial charge on any atom is 0.416 e. The quantitative estimate of drug-likeness (QED) is 0.522. The summed E-state index contributed by atoms with van der Waals surface area (Å²) in [4.78, 5) is 14.1. The predicted molar refractivity (Wildman–Crippen MR) is 108 cm³/mol. The van der Waals surface area contributed by atoms with Crippen molar-refractivity contribution in [1.82, 2.24) is 5.32 Å². The van der Waals surface area contributed by atoms with E-state index in [9.17, 15) is 18.0 Å². The van der Waals surface area contributed by atoms with Crippen LogP contribution in [-0.2, 0) is 19.0 Å². The van der Waals surface area contributed by atoms with Crippen LogP contribution in [0, 0.1) is 5.92 Å². The van der Waals surface area contributed by atoms with Crippen LogP contribution in [-0.4, -0.2) is 5.91 Å². The molecule has 0 bridgehead atoms. The molecule has 1 aliphatic carbocycles. The number of amides is 1. The molecular formula is C22H19F3N2O2S. The maximum absolute atomic E-state index is 13.0. The number of halogens is 3. The van der Waals surface area contributed by atoms with E-state index in [0.717, 1.165) is 47.5 Å². The van der Waals surface area contributed by atoms with Gasteiger partial charge in [-0.05, 0) is 55.0 Å². The molecule has 0 radical (unpaired) electrons. The molecule has 0 fully saturated rings. The number of nitrogens with one attached hydrogen (secondary N) is 2. The first-order valence-electron chi connectivity index (χ1n) is 9.79. The Morgan fingerprint density at radius 2 is 2.00 bits per heavy atom. The maximum atomic E-state index is 13.0. The highest BCUT2D eigenvalue weighted by Crippen LogP contribution is 2.43. The molecule has 0 spiro atoms. The second kappa shape index (κ2) is 6.91. The smallest absolute Gasteiger partial charge is 0.416 e. The lowest BCUT2D eigenvalue weighted by atomic mass is 9.88. The first-order valence-corrected chi connectivity index (χ1v) is 10.6. The Morgan fingerprint density at radius 3 is 2.80 bits per heavy atom. The number of alkyl halides is 3. The summed E-state index contributed by atoms with van der Waals surface area (Å²) in [7, 11) is 0. The number of carbonyl (C=O) groups excluding carboxylic acids is 1. The molecule has 2 aromatic heterocycles. The summed E-state index contributed by atoms with van der Waals surface area (Å²) in [5.74, 6) is 1.23. The van der Waals surface area contributed by atoms with Crippen LogP contribution in [0.5, 0.6) is 0 Å². The van der Waals surface area contributed by atoms with Crippen LogP contribution in [0.15, 0.2) is 40.8 Å². The van der Waals surface area contributed by atoms with E-state index < -0.39 is 17.9 Å². The van der Waals surface area contributed by atoms with Gasteiger partial charge < -0.3 is 15.1 Å². The van der Waals surface area contributed by atoms with Gasteiger partial charge in [0.2, 0.25) is 0 Å². The first-order chi connectivity index (χ1) is 14.3. The highest BCUT2D eigenvalue weighted by Gasteiger charge is 2.34. The number of furan rings is 1. The number of thiophene rings is 1. The Hall–Kier alpha value is -2.74. The fourth-order valence-electron chi connectivity index (χ4n) is 4.12. The first kappa shape index (κ1) is 19.2. The van der Waals surface area contributed by atoms with Gasteiger partial charge in [0.25, 0.3) is 5.91 Å². The average molecular weight is 432 g/mol. The monoisotopic (exact) mass is 432 g/mol. The van der Waals surface area contributed by atoms with Crippen LogP contribution in [0.4, 0.5) is 18.2 Å². The summed E-state index contributed by atoms with van der Waals surface area (Å²) < 4.78 is 44.8. The van der Waals surface area contributed by atoms with Gasteiger partial charge in [-0.25, -0.2) is 0 Å². The third kappa shape index (κ3) is 3.29. The standard InChI is InChI=1S/C22H19F3N2O2S/c1-11-5-6-14-17(9-11)30-21-18(14)20(28)26-19(27-21)16-8-7-15(29-16)12-3-2-4-13(10-12)22(23,24)25/h2-4,7-8,10-11,19,27H,5-6,9H2,1H3,(H,26,28)/t11-,19+/m1/s1. The zero-order valence-corrected chi connectivity index (χ0v) is 16.9. The summed E-state index contributed by atoms with van der Waals surface area (Å²) in [5.41, 5.74) is 1.47. The molecule has 156 valence electrons. The average Bonchev–Trinajstić information content (AvgIpc) is 3.32. The zero-order valence-electron chi connectivity index (χ0n) is 16.1. The van der Waals surface area contributed by atoms with Crippen molar-refractivity contribution in [2.75, 3.05) is 5.32 Å². The minimum absolute atomic E-state index is 0.141. The molecule has 1 aliphatic heterocycles. The van der Waals surface area contributed by atoms with E-state index in [2.05, 4.69) is 17.6 Å². The van der Waals surface area contributed by atoms with Crippen LogP contribution in [0.25, 0.3) is 11.3 Å². The Balaban J connectivity index is 1.42. The van der Waals surface area contributed by atoms with Gasteiger partial charge in [0, 0.05) is 10.4 Å². The molecule has 30 heavy (non-hydrogen) atoms. The lowest BCUT2D eigenvalue weighted by Gasteiger charge is -2.25. The van der Waals surface area contributed by atoms with Crippen molar-refractivity contribution in [3.8, 4) is 11.3 Å². The van der Waals surface area contributed by atoms with E-state index in [0.29, 0.717) is 23.0 Å². The minimum atomic E-state index is -4.42. The molecule has 0 saturated carbocycles. The summed E-state index contributed by atoms with van der Waals surface area (Å²) in [6, 6.07) is 8.30. The molecule has 1 amide bonds. The van der Waals surface area contributed by atoms with Crippen LogP contribution < -0.4 is 10.6 Å². The molecular weight excluding hydrogens is 413 g/mol. The topological polar surface area (TPSA) is 54.3 Å². The molecule has 2 aliphatic rings. The minimum Gasteiger partial charge on any atom is -0.457 e. The van der Waals surface area contributed by atoms with Gasteiger partial charge in [-0.3, -0.25) is 4.79 Å². The van der Waals surface area contributed by atoms with E-state index in [4.69, 9.17) is 4.42 Å². The van der Waals surface area contributed by atoms with Crippen LogP contribution in [0.2, 0.25) is 0 Å². The van der Waals surface area contributed by atoms with E-state index in [1.807, 2.05) is 0 Å². The molecule has 3 aromatic rings. The van der Waals surface area contributed by atoms with Gasteiger partial charge in [-0.2, -0.15) is 13.2 Å². The van der Waals surface area contributed by atoms with Gasteiger partial charge in [0.15, 0.2) is 6.17 Å². The largest absolute Gasteiger partial charge is 0.457 e. The summed E-state index contributed by atoms with van der Waals surface area (Å²) in [6.07, 6.45) is -2.03. The van der Waals surface area contributed by atoms with Gasteiger partial charge in [-0.15, -0.1) is 11.3 Å². The van der Waals surface area contributed by atoms with E-state index in [1.165, 1.54) is 10.9 Å². The Kier molecular flexibility index (Phi) is 4.43. The third-order valence-corrected chi connectivity index (χ3v) is 6.86. The Labute approximate surface area is 175 Å². The van der Waals surface area contributed by atoms with Gasteiger partial charge in [0.05, 0.1) is 11.1 Å². The number of fused-ring (bicyclic) bond motifs is 3. The van der Waals surface area contributed by atoms with Crippen molar-refractivity contribution in [2.45, 2.75) is 38.5 Å². The second-order valence-corrected chi connectivity index (χ2v) is 8.99. The second-order valence-electron chi connectivity index (χ2n) is 7.89. The number of benzene rings is 1. The molecule has 0 saturated heterocycles. The molecule has 1 aromatic carbocycles. The molecule has 4 nitrogen and oxygen atoms in total. The van der Waals surface area contributed by atoms with Crippen molar-refractivity contribution in [2.24, 2.45) is 5.92 Å². The zero-order chi connectivity index (χ0) is 21.0. The number of hydrogen-bond acceptors (Lipinski definition) is 4. The predicted octanol–water partition coefficient (Wildman–Crippen LogP) is 6.01. The molecule has 0 unspecified atom stereocenters. The summed E-state index contributed by atoms with van der Waals surface area (Å²) in [6.45, 7) is 2.22. The molecule has 5 rings (SSSR count). The van der Waals surface area contributed by atoms with Crippen molar-refractivity contribution in [3.63, 3.8) is 0 Å². The normalized spacial score (nSPS) is 20.9. The molecule has 2 N–H and O–H groups in total. The van der Waals surface area contributed by atoms with E-state index >= 15 is 0 Å². The Morgan fingerprint density at radius 1 is 1.17 bits per heavy atom. The fraction of sp³-hybridized carbons (Fsp3) is 0.318. The molecule has 8 heteroatoms. The lowest BCUT2D eigenvalue weighted by molar-refractivity contribution is -0.137. The summed E-state index contributed by atoms with van der Waals surface area (Å²) >= 11 is 1.61. The van der Waals surface area contributed by atoms with Crippen molar-refractivity contribution >= 4 is 22.2 Å². The SMILES string of the molecule is C[C@@H]1CCc2c(sc3c2C(=O)N[C@H](c2ccc(-c4cccc(C(F)(F)F)c4)o2)N3)C1. The van der Waals surface area contributed by atoms with Crippen LogP contribution in [0.3, 0.4) is 0 Å². The fourth-order valence-corrected chi connectivity index (χ4v) is 5.55. The molecule has 2 atom stereocenters. The van der Waals surface area contributed by atoms with Crippen molar-refractivity contribution in [3.05, 3.63) is 63.7 Å². The van der Waals surface area contributed by atoms with E-state index in [1.54, 1.807) is 29.5 Å². The van der Waals surface area contributed by atoms with Gasteiger partial charge >= 0.3 is 6.18 Å². The van der Waals surface area contributed by atoms with Gasteiger partial charge in [-0.1, -0.05) is 19.1 Å². The van der Waals surface area contributed by atoms with Crippen LogP contribution >= 0.6 is 11.3 Å². The lowest BCUT2D eigenvalue weighted by Crippen LogP contribution is -2.38. The number of anilines is 1. The molecule has 3 heterocycles. The number of rotatable bonds is 2. The highest BCUT2D eigenvalue weighted by molar-refractivity contribution is 7.16. The number of hydrogen-bond donors (Lipinski definition) is 2. The highest BCUT2D eigenvalue weighted by atomic mass is 32.1. The van der Waals surface area contributed by atoms with E-state index in [-0.39, 0.29) is 5.91 Å². The van der Waals surface area contributed by atoms with Gasteiger partial charge in [0.1, 0.15) is 16.5 Å². The van der Waals surface area contributed by atoms with Crippen molar-refractivity contribution < 1.29 is 22.4 Å². The summed E-state index contributed by atoms with van der Waals surface area (Å²) in [5, 5.41) is 7.08. The third-order valence-electron chi connectivity index (χ3n) is 5.68. The van der Waals surface area contributed by atoms with Crippen LogP contribution in [0.1, 0.15) is 51.6 Å².